The van der Waals surface area contributed by atoms with Crippen LogP contribution in [0.2, 0.25) is 5.02 Å². The van der Waals surface area contributed by atoms with Crippen LogP contribution in [-0.4, -0.2) is 0 Å². The molecule has 0 fully saturated rings. The van der Waals surface area contributed by atoms with E-state index in [0.717, 1.165) is 17.0 Å². The highest BCUT2D eigenvalue weighted by molar-refractivity contribution is 6.30. The summed E-state index contributed by atoms with van der Waals surface area (Å²) < 4.78 is 0. The molecule has 0 aliphatic rings. The van der Waals surface area contributed by atoms with E-state index in [1.807, 2.05) is 42.5 Å². The summed E-state index contributed by atoms with van der Waals surface area (Å²) >= 11 is 12.3. The van der Waals surface area contributed by atoms with Gasteiger partial charge in [-0.1, -0.05) is 54.1 Å². The molecule has 1 unspecified atom stereocenters. The molecule has 0 heterocycles. The average molecular weight is 251 g/mol. The van der Waals surface area contributed by atoms with Gasteiger partial charge in [0, 0.05) is 5.02 Å². The van der Waals surface area contributed by atoms with Gasteiger partial charge in [0.2, 0.25) is 0 Å². The van der Waals surface area contributed by atoms with Crippen LogP contribution >= 0.6 is 23.2 Å². The maximum Gasteiger partial charge on any atom is 0.0626 e. The fourth-order valence-corrected chi connectivity index (χ4v) is 2.15. The van der Waals surface area contributed by atoms with Crippen LogP contribution in [0.1, 0.15) is 16.5 Å². The van der Waals surface area contributed by atoms with E-state index < -0.39 is 0 Å². The first-order valence-electron chi connectivity index (χ1n) is 5.19. The molecule has 0 nitrogen and oxygen atoms in total. The van der Waals surface area contributed by atoms with Crippen molar-refractivity contribution in [2.45, 2.75) is 11.8 Å². The Balaban J connectivity index is 2.12. The second-order valence-electron chi connectivity index (χ2n) is 3.71. The zero-order valence-electron chi connectivity index (χ0n) is 8.74. The Kier molecular flexibility index (Phi) is 3.87. The van der Waals surface area contributed by atoms with E-state index in [9.17, 15) is 0 Å². The molecule has 0 aromatic heterocycles. The minimum Gasteiger partial charge on any atom is -0.117 e. The molecule has 0 bridgehead atoms. The van der Waals surface area contributed by atoms with Crippen LogP contribution < -0.4 is 0 Å². The van der Waals surface area contributed by atoms with Crippen LogP contribution in [0, 0.1) is 0 Å². The topological polar surface area (TPSA) is 0 Å². The molecular formula is C14H12Cl2. The van der Waals surface area contributed by atoms with Crippen LogP contribution in [0.25, 0.3) is 0 Å². The van der Waals surface area contributed by atoms with Crippen LogP contribution in [0.4, 0.5) is 0 Å². The Bertz CT molecular complexity index is 451. The van der Waals surface area contributed by atoms with Crippen LogP contribution in [0.15, 0.2) is 54.6 Å². The van der Waals surface area contributed by atoms with Crippen LogP contribution in [0.5, 0.6) is 0 Å². The van der Waals surface area contributed by atoms with E-state index in [1.165, 1.54) is 5.56 Å². The number of halogens is 2. The average Bonchev–Trinajstić information content (AvgIpc) is 2.30. The molecule has 2 heteroatoms. The molecular weight excluding hydrogens is 239 g/mol. The maximum atomic E-state index is 6.35. The summed E-state index contributed by atoms with van der Waals surface area (Å²) in [4.78, 5) is 0. The first-order chi connectivity index (χ1) is 7.75. The van der Waals surface area contributed by atoms with Gasteiger partial charge in [-0.25, -0.2) is 0 Å². The van der Waals surface area contributed by atoms with Crippen molar-refractivity contribution in [2.24, 2.45) is 0 Å². The summed E-state index contributed by atoms with van der Waals surface area (Å²) in [5.74, 6) is 0. The van der Waals surface area contributed by atoms with Gasteiger partial charge < -0.3 is 0 Å². The van der Waals surface area contributed by atoms with Crippen molar-refractivity contribution in [3.63, 3.8) is 0 Å². The lowest BCUT2D eigenvalue weighted by molar-refractivity contribution is 0.920. The summed E-state index contributed by atoms with van der Waals surface area (Å²) in [5.41, 5.74) is 2.31. The van der Waals surface area contributed by atoms with E-state index in [4.69, 9.17) is 23.2 Å². The fraction of sp³-hybridized carbons (Fsp3) is 0.143. The van der Waals surface area contributed by atoms with Gasteiger partial charge in [0.1, 0.15) is 0 Å². The Hall–Kier alpha value is -0.980. The van der Waals surface area contributed by atoms with E-state index in [-0.39, 0.29) is 5.38 Å². The molecule has 82 valence electrons. The predicted octanol–water partition coefficient (Wildman–Crippen LogP) is 4.86. The number of benzene rings is 2. The molecule has 0 amide bonds. The monoisotopic (exact) mass is 250 g/mol. The molecule has 0 aliphatic carbocycles. The van der Waals surface area contributed by atoms with Crippen LogP contribution in [0.3, 0.4) is 0 Å². The highest BCUT2D eigenvalue weighted by Crippen LogP contribution is 2.26. The number of rotatable bonds is 3. The van der Waals surface area contributed by atoms with Gasteiger partial charge >= 0.3 is 0 Å². The molecule has 2 rings (SSSR count). The lowest BCUT2D eigenvalue weighted by atomic mass is 10.0. The first-order valence-corrected chi connectivity index (χ1v) is 6.00. The molecule has 0 saturated heterocycles. The van der Waals surface area contributed by atoms with Gasteiger partial charge in [-0.3, -0.25) is 0 Å². The highest BCUT2D eigenvalue weighted by Gasteiger charge is 2.08. The SMILES string of the molecule is Clc1cccc(C(Cl)Cc2ccccc2)c1. The second-order valence-corrected chi connectivity index (χ2v) is 4.68. The third-order valence-electron chi connectivity index (χ3n) is 2.47. The van der Waals surface area contributed by atoms with Crippen molar-refractivity contribution in [1.82, 2.24) is 0 Å². The van der Waals surface area contributed by atoms with Crippen molar-refractivity contribution in [3.8, 4) is 0 Å². The third-order valence-corrected chi connectivity index (χ3v) is 3.11. The Morgan fingerprint density at radius 2 is 1.69 bits per heavy atom. The molecule has 0 saturated carbocycles. The Morgan fingerprint density at radius 3 is 2.38 bits per heavy atom. The van der Waals surface area contributed by atoms with Gasteiger partial charge in [-0.2, -0.15) is 0 Å². The summed E-state index contributed by atoms with van der Waals surface area (Å²) in [6.07, 6.45) is 0.822. The lowest BCUT2D eigenvalue weighted by Crippen LogP contribution is -1.95. The second kappa shape index (κ2) is 5.38. The van der Waals surface area contributed by atoms with Crippen LogP contribution in [-0.2, 0) is 6.42 Å². The molecule has 0 aliphatic heterocycles. The van der Waals surface area contributed by atoms with Crippen molar-refractivity contribution in [3.05, 3.63) is 70.7 Å². The van der Waals surface area contributed by atoms with Gasteiger partial charge in [0.25, 0.3) is 0 Å². The molecule has 16 heavy (non-hydrogen) atoms. The minimum absolute atomic E-state index is 0.0268. The van der Waals surface area contributed by atoms with Crippen molar-refractivity contribution in [2.75, 3.05) is 0 Å². The van der Waals surface area contributed by atoms with E-state index in [0.29, 0.717) is 0 Å². The first kappa shape index (κ1) is 11.5. The Labute approximate surface area is 106 Å². The van der Waals surface area contributed by atoms with Gasteiger partial charge in [0.05, 0.1) is 5.38 Å². The van der Waals surface area contributed by atoms with Crippen molar-refractivity contribution in [1.29, 1.82) is 0 Å². The van der Waals surface area contributed by atoms with E-state index >= 15 is 0 Å². The predicted molar refractivity (Wildman–Crippen MR) is 70.2 cm³/mol. The largest absolute Gasteiger partial charge is 0.117 e. The van der Waals surface area contributed by atoms with Gasteiger partial charge in [-0.05, 0) is 29.7 Å². The molecule has 1 atom stereocenters. The summed E-state index contributed by atoms with van der Waals surface area (Å²) in [6, 6.07) is 17.9. The zero-order valence-corrected chi connectivity index (χ0v) is 10.2. The normalized spacial score (nSPS) is 12.4. The molecule has 2 aromatic rings. The quantitative estimate of drug-likeness (QED) is 0.683. The van der Waals surface area contributed by atoms with Gasteiger partial charge in [0.15, 0.2) is 0 Å². The van der Waals surface area contributed by atoms with E-state index in [2.05, 4.69) is 12.1 Å². The summed E-state index contributed by atoms with van der Waals surface area (Å²) in [5, 5.41) is 0.706. The maximum absolute atomic E-state index is 6.35. The number of hydrogen-bond donors (Lipinski definition) is 0. The zero-order chi connectivity index (χ0) is 11.4. The fourth-order valence-electron chi connectivity index (χ4n) is 1.64. The number of alkyl halides is 1. The third kappa shape index (κ3) is 3.01. The highest BCUT2D eigenvalue weighted by atomic mass is 35.5. The molecule has 0 radical (unpaired) electrons. The number of hydrogen-bond acceptors (Lipinski definition) is 0. The Morgan fingerprint density at radius 1 is 0.938 bits per heavy atom. The van der Waals surface area contributed by atoms with Gasteiger partial charge in [-0.15, -0.1) is 11.6 Å². The van der Waals surface area contributed by atoms with E-state index in [1.54, 1.807) is 0 Å². The standard InChI is InChI=1S/C14H12Cl2/c15-13-8-4-7-12(10-13)14(16)9-11-5-2-1-3-6-11/h1-8,10,14H,9H2. The summed E-state index contributed by atoms with van der Waals surface area (Å²) in [7, 11) is 0. The molecule has 2 aromatic carbocycles. The summed E-state index contributed by atoms with van der Waals surface area (Å²) in [6.45, 7) is 0. The van der Waals surface area contributed by atoms with Crippen molar-refractivity contribution >= 4 is 23.2 Å². The molecule has 0 spiro atoms. The lowest BCUT2D eigenvalue weighted by Gasteiger charge is -2.10. The molecule has 0 N–H and O–H groups in total. The smallest absolute Gasteiger partial charge is 0.0626 e. The van der Waals surface area contributed by atoms with Crippen molar-refractivity contribution < 1.29 is 0 Å². The minimum atomic E-state index is -0.0268.